The number of anilines is 1. The Hall–Kier alpha value is -3.27. The van der Waals surface area contributed by atoms with Crippen molar-refractivity contribution in [3.63, 3.8) is 0 Å². The monoisotopic (exact) mass is 507 g/mol. The molecule has 2 aromatic rings. The fraction of sp³-hybridized carbons (Fsp3) is 0.462. The Morgan fingerprint density at radius 2 is 1.72 bits per heavy atom. The summed E-state index contributed by atoms with van der Waals surface area (Å²) in [5.74, 6) is -1.27. The van der Waals surface area contributed by atoms with E-state index in [4.69, 9.17) is 4.74 Å². The topological polar surface area (TPSA) is 79.9 Å². The number of rotatable bonds is 11. The van der Waals surface area contributed by atoms with Crippen molar-refractivity contribution in [2.24, 2.45) is 0 Å². The molecule has 3 rings (SSSR count). The number of amides is 2. The van der Waals surface area contributed by atoms with E-state index in [9.17, 15) is 22.8 Å². The standard InChI is InChI=1S/C26H32F3N3O4/c1-2-6-21(18-30-20-9-11-22(12-10-20)36-26(27,28)29)31-25(34)23(19-7-4-3-5-8-19)17-24(33)32-13-15-35-16-14-32/h3-5,7-12,21,23,30H,2,6,13-18H2,1H3,(H,31,34)/t21-,23-/m0/s1. The molecule has 0 bridgehead atoms. The van der Waals surface area contributed by atoms with Gasteiger partial charge in [0.25, 0.3) is 0 Å². The first-order chi connectivity index (χ1) is 17.2. The Labute approximate surface area is 208 Å². The lowest BCUT2D eigenvalue weighted by atomic mass is 9.93. The second-order valence-corrected chi connectivity index (χ2v) is 8.61. The van der Waals surface area contributed by atoms with Gasteiger partial charge in [0.05, 0.1) is 19.1 Å². The van der Waals surface area contributed by atoms with Gasteiger partial charge in [0.2, 0.25) is 11.8 Å². The molecule has 0 radical (unpaired) electrons. The van der Waals surface area contributed by atoms with Crippen molar-refractivity contribution in [1.82, 2.24) is 10.2 Å². The van der Waals surface area contributed by atoms with E-state index in [1.165, 1.54) is 24.3 Å². The van der Waals surface area contributed by atoms with Crippen molar-refractivity contribution >= 4 is 17.5 Å². The predicted octanol–water partition coefficient (Wildman–Crippen LogP) is 4.31. The number of hydrogen-bond acceptors (Lipinski definition) is 5. The van der Waals surface area contributed by atoms with Crippen molar-refractivity contribution in [2.45, 2.75) is 44.5 Å². The third-order valence-electron chi connectivity index (χ3n) is 5.88. The molecule has 0 aliphatic carbocycles. The van der Waals surface area contributed by atoms with E-state index < -0.39 is 12.3 Å². The normalized spacial score (nSPS) is 15.6. The number of hydrogen-bond donors (Lipinski definition) is 2. The van der Waals surface area contributed by atoms with Crippen LogP contribution in [0.3, 0.4) is 0 Å². The summed E-state index contributed by atoms with van der Waals surface area (Å²) >= 11 is 0. The molecule has 1 fully saturated rings. The van der Waals surface area contributed by atoms with Crippen molar-refractivity contribution in [3.05, 3.63) is 60.2 Å². The summed E-state index contributed by atoms with van der Waals surface area (Å²) in [6.07, 6.45) is -3.19. The van der Waals surface area contributed by atoms with Gasteiger partial charge in [-0.2, -0.15) is 0 Å². The maximum Gasteiger partial charge on any atom is 0.573 e. The first-order valence-electron chi connectivity index (χ1n) is 12.1. The van der Waals surface area contributed by atoms with Crippen molar-refractivity contribution in [3.8, 4) is 5.75 Å². The van der Waals surface area contributed by atoms with Crippen LogP contribution in [0, 0.1) is 0 Å². The lowest BCUT2D eigenvalue weighted by molar-refractivity contribution is -0.274. The zero-order valence-corrected chi connectivity index (χ0v) is 20.2. The number of ether oxygens (including phenoxy) is 2. The molecule has 10 heteroatoms. The lowest BCUT2D eigenvalue weighted by Crippen LogP contribution is -2.45. The number of halogens is 3. The summed E-state index contributed by atoms with van der Waals surface area (Å²) in [6, 6.07) is 14.4. The molecule has 1 aliphatic rings. The average molecular weight is 508 g/mol. The van der Waals surface area contributed by atoms with E-state index in [0.29, 0.717) is 45.0 Å². The molecule has 2 amide bonds. The van der Waals surface area contributed by atoms with E-state index >= 15 is 0 Å². The molecule has 36 heavy (non-hydrogen) atoms. The molecule has 2 atom stereocenters. The fourth-order valence-corrected chi connectivity index (χ4v) is 4.05. The first kappa shape index (κ1) is 27.3. The highest BCUT2D eigenvalue weighted by molar-refractivity contribution is 5.90. The van der Waals surface area contributed by atoms with Crippen LogP contribution in [0.25, 0.3) is 0 Å². The molecule has 2 aromatic carbocycles. The molecular weight excluding hydrogens is 475 g/mol. The van der Waals surface area contributed by atoms with Gasteiger partial charge >= 0.3 is 6.36 Å². The second kappa shape index (κ2) is 13.2. The Morgan fingerprint density at radius 3 is 2.33 bits per heavy atom. The van der Waals surface area contributed by atoms with Crippen molar-refractivity contribution < 1.29 is 32.2 Å². The van der Waals surface area contributed by atoms with E-state index in [1.807, 2.05) is 37.3 Å². The minimum atomic E-state index is -4.75. The van der Waals surface area contributed by atoms with E-state index in [-0.39, 0.29) is 30.0 Å². The highest BCUT2D eigenvalue weighted by Gasteiger charge is 2.31. The summed E-state index contributed by atoms with van der Waals surface area (Å²) in [5, 5.41) is 6.22. The Balaban J connectivity index is 1.64. The molecule has 0 saturated carbocycles. The summed E-state index contributed by atoms with van der Waals surface area (Å²) in [7, 11) is 0. The summed E-state index contributed by atoms with van der Waals surface area (Å²) < 4.78 is 46.3. The summed E-state index contributed by atoms with van der Waals surface area (Å²) in [4.78, 5) is 28.0. The number of morpholine rings is 1. The molecule has 196 valence electrons. The molecule has 7 nitrogen and oxygen atoms in total. The van der Waals surface area contributed by atoms with Crippen LogP contribution in [0.2, 0.25) is 0 Å². The second-order valence-electron chi connectivity index (χ2n) is 8.61. The van der Waals surface area contributed by atoms with Gasteiger partial charge in [0.1, 0.15) is 5.75 Å². The number of alkyl halides is 3. The van der Waals surface area contributed by atoms with Crippen molar-refractivity contribution in [2.75, 3.05) is 38.2 Å². The molecule has 1 aliphatic heterocycles. The largest absolute Gasteiger partial charge is 0.573 e. The van der Waals surface area contributed by atoms with E-state index in [0.717, 1.165) is 12.0 Å². The van der Waals surface area contributed by atoms with E-state index in [1.54, 1.807) is 4.90 Å². The van der Waals surface area contributed by atoms with Crippen LogP contribution in [-0.2, 0) is 14.3 Å². The van der Waals surface area contributed by atoms with Crippen LogP contribution < -0.4 is 15.4 Å². The van der Waals surface area contributed by atoms with Crippen LogP contribution in [0.5, 0.6) is 5.75 Å². The summed E-state index contributed by atoms with van der Waals surface area (Å²) in [6.45, 7) is 4.37. The van der Waals surface area contributed by atoms with Gasteiger partial charge in [-0.3, -0.25) is 9.59 Å². The van der Waals surface area contributed by atoms with Gasteiger partial charge in [-0.1, -0.05) is 43.7 Å². The van der Waals surface area contributed by atoms with Crippen LogP contribution in [-0.4, -0.2) is 62.0 Å². The molecular formula is C26H32F3N3O4. The first-order valence-corrected chi connectivity index (χ1v) is 12.1. The Bertz CT molecular complexity index is 965. The molecule has 1 saturated heterocycles. The van der Waals surface area contributed by atoms with Gasteiger partial charge in [-0.15, -0.1) is 13.2 Å². The molecule has 0 spiro atoms. The third-order valence-corrected chi connectivity index (χ3v) is 5.88. The van der Waals surface area contributed by atoms with Crippen LogP contribution >= 0.6 is 0 Å². The Kier molecular flexibility index (Phi) is 9.98. The number of carbonyl (C=O) groups excluding carboxylic acids is 2. The smallest absolute Gasteiger partial charge is 0.406 e. The van der Waals surface area contributed by atoms with Gasteiger partial charge in [-0.25, -0.2) is 0 Å². The molecule has 0 aromatic heterocycles. The van der Waals surface area contributed by atoms with Gasteiger partial charge in [-0.05, 0) is 36.2 Å². The van der Waals surface area contributed by atoms with Gasteiger partial charge in [0.15, 0.2) is 0 Å². The maximum atomic E-state index is 13.4. The van der Waals surface area contributed by atoms with Crippen LogP contribution in [0.1, 0.15) is 37.7 Å². The number of nitrogens with one attached hydrogen (secondary N) is 2. The minimum Gasteiger partial charge on any atom is -0.406 e. The fourth-order valence-electron chi connectivity index (χ4n) is 4.05. The quantitative estimate of drug-likeness (QED) is 0.474. The van der Waals surface area contributed by atoms with Gasteiger partial charge in [0, 0.05) is 37.8 Å². The predicted molar refractivity (Wildman–Crippen MR) is 130 cm³/mol. The number of nitrogens with zero attached hydrogens (tertiary/aromatic N) is 1. The zero-order valence-electron chi connectivity index (χ0n) is 20.2. The number of carbonyl (C=O) groups is 2. The average Bonchev–Trinajstić information content (AvgIpc) is 2.86. The third kappa shape index (κ3) is 8.75. The zero-order chi connectivity index (χ0) is 26.0. The highest BCUT2D eigenvalue weighted by Crippen LogP contribution is 2.25. The lowest BCUT2D eigenvalue weighted by Gasteiger charge is -2.29. The van der Waals surface area contributed by atoms with Crippen molar-refractivity contribution in [1.29, 1.82) is 0 Å². The van der Waals surface area contributed by atoms with Crippen LogP contribution in [0.4, 0.5) is 18.9 Å². The van der Waals surface area contributed by atoms with E-state index in [2.05, 4.69) is 15.4 Å². The maximum absolute atomic E-state index is 13.4. The summed E-state index contributed by atoms with van der Waals surface area (Å²) in [5.41, 5.74) is 1.36. The SMILES string of the molecule is CCC[C@@H](CNc1ccc(OC(F)(F)F)cc1)NC(=O)[C@@H](CC(=O)N1CCOCC1)c1ccccc1. The molecule has 0 unspecified atom stereocenters. The van der Waals surface area contributed by atoms with Crippen LogP contribution in [0.15, 0.2) is 54.6 Å². The van der Waals surface area contributed by atoms with Gasteiger partial charge < -0.3 is 25.0 Å². The Morgan fingerprint density at radius 1 is 1.06 bits per heavy atom. The molecule has 2 N–H and O–H groups in total. The number of benzene rings is 2. The molecule has 1 heterocycles. The minimum absolute atomic E-state index is 0.0583. The highest BCUT2D eigenvalue weighted by atomic mass is 19.4.